The molecule has 2 unspecified atom stereocenters. The van der Waals surface area contributed by atoms with Crippen LogP contribution in [0.4, 0.5) is 0 Å². The van der Waals surface area contributed by atoms with Gasteiger partial charge in [-0.2, -0.15) is 0 Å². The van der Waals surface area contributed by atoms with Crippen LogP contribution in [0.1, 0.15) is 48.7 Å². The molecule has 2 atom stereocenters. The third-order valence-electron chi connectivity index (χ3n) is 3.43. The molecule has 0 saturated heterocycles. The number of hydrogen-bond acceptors (Lipinski definition) is 3. The van der Waals surface area contributed by atoms with Gasteiger partial charge < -0.3 is 14.3 Å². The lowest BCUT2D eigenvalue weighted by molar-refractivity contribution is -0.0161. The number of furan rings is 1. The summed E-state index contributed by atoms with van der Waals surface area (Å²) < 4.78 is 10.7. The highest BCUT2D eigenvalue weighted by atomic mass is 16.5. The van der Waals surface area contributed by atoms with Crippen LogP contribution in [0.5, 0.6) is 0 Å². The second-order valence-corrected chi connectivity index (χ2v) is 4.69. The molecular weight excluding hydrogens is 220 g/mol. The van der Waals surface area contributed by atoms with Gasteiger partial charge in [0.1, 0.15) is 0 Å². The fraction of sp³-hybridized carbons (Fsp3) is 0.615. The summed E-state index contributed by atoms with van der Waals surface area (Å²) in [6, 6.07) is 1.66. The number of aromatic carboxylic acids is 1. The largest absolute Gasteiger partial charge is 0.475 e. The topological polar surface area (TPSA) is 59.7 Å². The van der Waals surface area contributed by atoms with E-state index in [1.165, 1.54) is 25.5 Å². The molecule has 0 radical (unpaired) electrons. The molecule has 17 heavy (non-hydrogen) atoms. The van der Waals surface area contributed by atoms with Crippen molar-refractivity contribution in [3.63, 3.8) is 0 Å². The predicted molar refractivity (Wildman–Crippen MR) is 61.9 cm³/mol. The van der Waals surface area contributed by atoms with Crippen LogP contribution in [0.15, 0.2) is 16.7 Å². The molecule has 1 aromatic rings. The molecule has 1 aromatic heterocycles. The smallest absolute Gasteiger partial charge is 0.372 e. The van der Waals surface area contributed by atoms with Crippen molar-refractivity contribution < 1.29 is 19.1 Å². The van der Waals surface area contributed by atoms with E-state index < -0.39 is 5.97 Å². The molecule has 1 N–H and O–H groups in total. The SMILES string of the molecule is CC1CCCCC1OCc1ccoc1C(=O)O. The maximum atomic E-state index is 10.8. The number of carboxylic acid groups (broad SMARTS) is 1. The van der Waals surface area contributed by atoms with Crippen LogP contribution in [-0.2, 0) is 11.3 Å². The summed E-state index contributed by atoms with van der Waals surface area (Å²) in [5.41, 5.74) is 0.621. The molecule has 4 nitrogen and oxygen atoms in total. The van der Waals surface area contributed by atoms with Crippen molar-refractivity contribution in [3.05, 3.63) is 23.7 Å². The Morgan fingerprint density at radius 2 is 2.29 bits per heavy atom. The molecule has 0 bridgehead atoms. The zero-order valence-corrected chi connectivity index (χ0v) is 10.0. The first-order valence-corrected chi connectivity index (χ1v) is 6.09. The molecule has 0 aromatic carbocycles. The van der Waals surface area contributed by atoms with E-state index in [-0.39, 0.29) is 11.9 Å². The van der Waals surface area contributed by atoms with Crippen molar-refractivity contribution >= 4 is 5.97 Å². The molecule has 1 aliphatic carbocycles. The van der Waals surface area contributed by atoms with Crippen molar-refractivity contribution in [1.82, 2.24) is 0 Å². The van der Waals surface area contributed by atoms with Crippen molar-refractivity contribution in [2.45, 2.75) is 45.3 Å². The summed E-state index contributed by atoms with van der Waals surface area (Å²) >= 11 is 0. The molecule has 94 valence electrons. The van der Waals surface area contributed by atoms with Gasteiger partial charge in [-0.25, -0.2) is 4.79 Å². The van der Waals surface area contributed by atoms with E-state index in [9.17, 15) is 4.79 Å². The fourth-order valence-electron chi connectivity index (χ4n) is 2.36. The summed E-state index contributed by atoms with van der Waals surface area (Å²) in [6.07, 6.45) is 6.38. The van der Waals surface area contributed by atoms with Crippen LogP contribution in [0, 0.1) is 5.92 Å². The first-order valence-electron chi connectivity index (χ1n) is 6.09. The fourth-order valence-corrected chi connectivity index (χ4v) is 2.36. The lowest BCUT2D eigenvalue weighted by atomic mass is 9.88. The highest BCUT2D eigenvalue weighted by Gasteiger charge is 2.23. The van der Waals surface area contributed by atoms with Crippen molar-refractivity contribution in [2.75, 3.05) is 0 Å². The molecule has 0 amide bonds. The Morgan fingerprint density at radius 1 is 1.53 bits per heavy atom. The quantitative estimate of drug-likeness (QED) is 0.875. The van der Waals surface area contributed by atoms with E-state index in [0.29, 0.717) is 18.1 Å². The minimum absolute atomic E-state index is 0.00605. The van der Waals surface area contributed by atoms with Crippen LogP contribution in [-0.4, -0.2) is 17.2 Å². The summed E-state index contributed by atoms with van der Waals surface area (Å²) in [6.45, 7) is 2.52. The van der Waals surface area contributed by atoms with Gasteiger partial charge >= 0.3 is 5.97 Å². The second kappa shape index (κ2) is 5.36. The van der Waals surface area contributed by atoms with E-state index >= 15 is 0 Å². The van der Waals surface area contributed by atoms with Crippen LogP contribution in [0.3, 0.4) is 0 Å². The van der Waals surface area contributed by atoms with Gasteiger partial charge in [0.15, 0.2) is 0 Å². The Morgan fingerprint density at radius 3 is 3.00 bits per heavy atom. The first kappa shape index (κ1) is 12.2. The van der Waals surface area contributed by atoms with Gasteiger partial charge in [-0.05, 0) is 24.8 Å². The van der Waals surface area contributed by atoms with E-state index in [1.54, 1.807) is 6.07 Å². The number of rotatable bonds is 4. The maximum absolute atomic E-state index is 10.8. The van der Waals surface area contributed by atoms with E-state index in [0.717, 1.165) is 6.42 Å². The summed E-state index contributed by atoms with van der Waals surface area (Å²) in [7, 11) is 0. The van der Waals surface area contributed by atoms with E-state index in [1.807, 2.05) is 0 Å². The summed E-state index contributed by atoms with van der Waals surface area (Å²) in [4.78, 5) is 10.8. The average Bonchev–Trinajstić information content (AvgIpc) is 2.76. The number of hydrogen-bond donors (Lipinski definition) is 1. The lowest BCUT2D eigenvalue weighted by Crippen LogP contribution is -2.25. The van der Waals surface area contributed by atoms with E-state index in [4.69, 9.17) is 14.3 Å². The zero-order chi connectivity index (χ0) is 12.3. The van der Waals surface area contributed by atoms with Crippen molar-refractivity contribution in [3.8, 4) is 0 Å². The van der Waals surface area contributed by atoms with Gasteiger partial charge in [-0.3, -0.25) is 0 Å². The van der Waals surface area contributed by atoms with Gasteiger partial charge in [0.2, 0.25) is 5.76 Å². The third-order valence-corrected chi connectivity index (χ3v) is 3.43. The Kier molecular flexibility index (Phi) is 3.84. The monoisotopic (exact) mass is 238 g/mol. The molecule has 1 aliphatic rings. The predicted octanol–water partition coefficient (Wildman–Crippen LogP) is 3.07. The Balaban J connectivity index is 1.92. The zero-order valence-electron chi connectivity index (χ0n) is 10.0. The molecule has 2 rings (SSSR count). The Bertz CT molecular complexity index is 383. The van der Waals surface area contributed by atoms with Gasteiger partial charge in [0.05, 0.1) is 19.0 Å². The molecule has 1 fully saturated rings. The number of carbonyl (C=O) groups is 1. The molecule has 1 heterocycles. The van der Waals surface area contributed by atoms with Crippen LogP contribution in [0.2, 0.25) is 0 Å². The molecule has 4 heteroatoms. The number of ether oxygens (including phenoxy) is 1. The van der Waals surface area contributed by atoms with Gasteiger partial charge in [-0.15, -0.1) is 0 Å². The second-order valence-electron chi connectivity index (χ2n) is 4.69. The first-order chi connectivity index (χ1) is 8.18. The molecule has 1 saturated carbocycles. The van der Waals surface area contributed by atoms with Gasteiger partial charge in [0.25, 0.3) is 0 Å². The molecule has 0 spiro atoms. The van der Waals surface area contributed by atoms with E-state index in [2.05, 4.69) is 6.92 Å². The normalized spacial score (nSPS) is 24.8. The Hall–Kier alpha value is -1.29. The highest BCUT2D eigenvalue weighted by molar-refractivity contribution is 5.85. The van der Waals surface area contributed by atoms with Gasteiger partial charge in [-0.1, -0.05) is 19.8 Å². The lowest BCUT2D eigenvalue weighted by Gasteiger charge is -2.28. The highest BCUT2D eigenvalue weighted by Crippen LogP contribution is 2.27. The maximum Gasteiger partial charge on any atom is 0.372 e. The Labute approximate surface area is 101 Å². The van der Waals surface area contributed by atoms with Crippen molar-refractivity contribution in [2.24, 2.45) is 5.92 Å². The number of carboxylic acids is 1. The minimum Gasteiger partial charge on any atom is -0.475 e. The summed E-state index contributed by atoms with van der Waals surface area (Å²) in [5, 5.41) is 8.89. The average molecular weight is 238 g/mol. The minimum atomic E-state index is -1.04. The van der Waals surface area contributed by atoms with Crippen LogP contribution in [0.25, 0.3) is 0 Å². The standard InChI is InChI=1S/C13H18O4/c1-9-4-2-3-5-11(9)17-8-10-6-7-16-12(10)13(14)15/h6-7,9,11H,2-5,8H2,1H3,(H,14,15). The van der Waals surface area contributed by atoms with Gasteiger partial charge in [0, 0.05) is 5.56 Å². The third kappa shape index (κ3) is 2.88. The van der Waals surface area contributed by atoms with Crippen LogP contribution >= 0.6 is 0 Å². The van der Waals surface area contributed by atoms with Crippen LogP contribution < -0.4 is 0 Å². The molecule has 0 aliphatic heterocycles. The molecular formula is C13H18O4. The summed E-state index contributed by atoms with van der Waals surface area (Å²) in [5.74, 6) is -0.484. The van der Waals surface area contributed by atoms with Crippen molar-refractivity contribution in [1.29, 1.82) is 0 Å².